The van der Waals surface area contributed by atoms with Gasteiger partial charge in [-0.05, 0) is 14.1 Å². The zero-order valence-corrected chi connectivity index (χ0v) is 8.95. The molecule has 0 aliphatic heterocycles. The van der Waals surface area contributed by atoms with E-state index in [2.05, 4.69) is 22.6 Å². The van der Waals surface area contributed by atoms with Crippen LogP contribution in [0.2, 0.25) is 0 Å². The van der Waals surface area contributed by atoms with E-state index < -0.39 is 12.0 Å². The molecule has 1 rings (SSSR count). The third-order valence-electron chi connectivity index (χ3n) is 2.00. The van der Waals surface area contributed by atoms with Crippen molar-refractivity contribution in [1.82, 2.24) is 14.9 Å². The number of rotatable bonds is 4. The summed E-state index contributed by atoms with van der Waals surface area (Å²) in [6.45, 7) is 0. The first-order valence-corrected chi connectivity index (χ1v) is 4.57. The zero-order chi connectivity index (χ0) is 10.7. The maximum Gasteiger partial charge on any atom is 0.321 e. The van der Waals surface area contributed by atoms with Crippen LogP contribution in [-0.4, -0.2) is 46.1 Å². The van der Waals surface area contributed by atoms with Gasteiger partial charge < -0.3 is 10.1 Å². The van der Waals surface area contributed by atoms with Crippen molar-refractivity contribution in [2.45, 2.75) is 17.5 Å². The van der Waals surface area contributed by atoms with Gasteiger partial charge in [-0.25, -0.2) is 4.98 Å². The van der Waals surface area contributed by atoms with Gasteiger partial charge in [-0.1, -0.05) is 0 Å². The van der Waals surface area contributed by atoms with Crippen LogP contribution in [0.15, 0.2) is 11.4 Å². The van der Waals surface area contributed by atoms with Gasteiger partial charge in [-0.2, -0.15) is 0 Å². The van der Waals surface area contributed by atoms with Crippen LogP contribution in [0.4, 0.5) is 0 Å². The van der Waals surface area contributed by atoms with E-state index in [1.54, 1.807) is 19.0 Å². The molecule has 1 heterocycles. The zero-order valence-electron chi connectivity index (χ0n) is 8.06. The van der Waals surface area contributed by atoms with Gasteiger partial charge in [0.05, 0.1) is 12.0 Å². The molecule has 5 nitrogen and oxygen atoms in total. The van der Waals surface area contributed by atoms with Crippen LogP contribution in [-0.2, 0) is 11.2 Å². The Morgan fingerprint density at radius 3 is 2.79 bits per heavy atom. The van der Waals surface area contributed by atoms with Crippen molar-refractivity contribution in [1.29, 1.82) is 0 Å². The normalized spacial score (nSPS) is 13.1. The molecule has 0 aliphatic rings. The Kier molecular flexibility index (Phi) is 3.54. The molecule has 14 heavy (non-hydrogen) atoms. The van der Waals surface area contributed by atoms with E-state index in [9.17, 15) is 4.79 Å². The van der Waals surface area contributed by atoms with Gasteiger partial charge in [0.15, 0.2) is 0 Å². The molecule has 0 saturated carbocycles. The predicted molar refractivity (Wildman–Crippen MR) is 54.7 cm³/mol. The molecule has 1 aromatic rings. The lowest BCUT2D eigenvalue weighted by Gasteiger charge is -2.19. The highest BCUT2D eigenvalue weighted by Gasteiger charge is 2.21. The highest BCUT2D eigenvalue weighted by Crippen LogP contribution is 2.11. The molecule has 1 aromatic heterocycles. The average Bonchev–Trinajstić information content (AvgIpc) is 2.46. The lowest BCUT2D eigenvalue weighted by molar-refractivity contribution is -0.142. The van der Waals surface area contributed by atoms with Crippen molar-refractivity contribution in [2.24, 2.45) is 0 Å². The fourth-order valence-electron chi connectivity index (χ4n) is 1.15. The lowest BCUT2D eigenvalue weighted by atomic mass is 10.1. The van der Waals surface area contributed by atoms with Crippen molar-refractivity contribution in [3.05, 3.63) is 12.0 Å². The van der Waals surface area contributed by atoms with Crippen LogP contribution in [0, 0.1) is 0 Å². The van der Waals surface area contributed by atoms with Gasteiger partial charge in [0.2, 0.25) is 0 Å². The van der Waals surface area contributed by atoms with Crippen molar-refractivity contribution in [3.8, 4) is 0 Å². The summed E-state index contributed by atoms with van der Waals surface area (Å²) in [4.78, 5) is 19.3. The summed E-state index contributed by atoms with van der Waals surface area (Å²) in [5.41, 5.74) is 0.745. The van der Waals surface area contributed by atoms with Crippen LogP contribution >= 0.6 is 12.6 Å². The van der Waals surface area contributed by atoms with Gasteiger partial charge in [-0.15, -0.1) is 12.6 Å². The maximum absolute atomic E-state index is 10.9. The van der Waals surface area contributed by atoms with Gasteiger partial charge >= 0.3 is 5.97 Å². The third kappa shape index (κ3) is 2.49. The van der Waals surface area contributed by atoms with Crippen molar-refractivity contribution < 1.29 is 9.90 Å². The Bertz CT molecular complexity index is 324. The monoisotopic (exact) mass is 215 g/mol. The lowest BCUT2D eigenvalue weighted by Crippen LogP contribution is -2.37. The number of carbonyl (C=O) groups is 1. The summed E-state index contributed by atoms with van der Waals surface area (Å²) in [7, 11) is 3.46. The predicted octanol–water partition coefficient (Wildman–Crippen LogP) is 0.256. The number of likely N-dealkylation sites (N-methyl/N-ethyl adjacent to an activating group) is 1. The number of thiol groups is 1. The first-order valence-electron chi connectivity index (χ1n) is 4.12. The summed E-state index contributed by atoms with van der Waals surface area (Å²) < 4.78 is 0. The van der Waals surface area contributed by atoms with Gasteiger partial charge in [0.25, 0.3) is 0 Å². The first-order chi connectivity index (χ1) is 6.52. The molecule has 0 bridgehead atoms. The number of imidazole rings is 1. The van der Waals surface area contributed by atoms with E-state index in [4.69, 9.17) is 5.11 Å². The fourth-order valence-corrected chi connectivity index (χ4v) is 1.36. The largest absolute Gasteiger partial charge is 0.480 e. The third-order valence-corrected chi connectivity index (χ3v) is 2.39. The maximum atomic E-state index is 10.9. The second-order valence-electron chi connectivity index (χ2n) is 3.23. The molecule has 0 saturated heterocycles. The Labute approximate surface area is 87.6 Å². The SMILES string of the molecule is CN(C)[C@@H](Cc1[nH]cnc1S)C(=O)O. The number of aromatic nitrogens is 2. The standard InChI is InChI=1S/C8H13N3O2S/c1-11(2)6(8(12)13)3-5-7(14)10-4-9-5/h4,6,14H,3H2,1-2H3,(H,9,10)(H,12,13)/t6-/m0/s1. The Hall–Kier alpha value is -1.01. The second-order valence-corrected chi connectivity index (χ2v) is 3.65. The number of hydrogen-bond donors (Lipinski definition) is 3. The molecule has 0 amide bonds. The second kappa shape index (κ2) is 4.47. The van der Waals surface area contributed by atoms with Crippen LogP contribution in [0.3, 0.4) is 0 Å². The van der Waals surface area contributed by atoms with E-state index >= 15 is 0 Å². The summed E-state index contributed by atoms with van der Waals surface area (Å²) in [5.74, 6) is -0.850. The highest BCUT2D eigenvalue weighted by molar-refractivity contribution is 7.80. The van der Waals surface area contributed by atoms with E-state index in [0.717, 1.165) is 5.69 Å². The Balaban J connectivity index is 2.75. The number of nitrogens with one attached hydrogen (secondary N) is 1. The molecule has 0 spiro atoms. The molecular formula is C8H13N3O2S. The van der Waals surface area contributed by atoms with E-state index in [1.807, 2.05) is 0 Å². The van der Waals surface area contributed by atoms with E-state index in [1.165, 1.54) is 6.33 Å². The minimum absolute atomic E-state index is 0.376. The molecule has 0 unspecified atom stereocenters. The van der Waals surface area contributed by atoms with Crippen LogP contribution in [0.25, 0.3) is 0 Å². The molecule has 78 valence electrons. The number of carboxylic acids is 1. The topological polar surface area (TPSA) is 69.2 Å². The van der Waals surface area contributed by atoms with Gasteiger partial charge in [-0.3, -0.25) is 9.69 Å². The number of aromatic amines is 1. The van der Waals surface area contributed by atoms with Gasteiger partial charge in [0.1, 0.15) is 11.1 Å². The number of hydrogen-bond acceptors (Lipinski definition) is 4. The van der Waals surface area contributed by atoms with Crippen LogP contribution < -0.4 is 0 Å². The molecule has 0 radical (unpaired) electrons. The molecule has 6 heteroatoms. The van der Waals surface area contributed by atoms with Crippen molar-refractivity contribution >= 4 is 18.6 Å². The molecular weight excluding hydrogens is 202 g/mol. The van der Waals surface area contributed by atoms with Gasteiger partial charge in [0, 0.05) is 6.42 Å². The first kappa shape index (κ1) is 11.1. The average molecular weight is 215 g/mol. The number of H-pyrrole nitrogens is 1. The fraction of sp³-hybridized carbons (Fsp3) is 0.500. The minimum Gasteiger partial charge on any atom is -0.480 e. The summed E-state index contributed by atoms with van der Waals surface area (Å²) in [5, 5.41) is 9.49. The van der Waals surface area contributed by atoms with Crippen molar-refractivity contribution in [2.75, 3.05) is 14.1 Å². The summed E-state index contributed by atoms with van der Waals surface area (Å²) in [6.07, 6.45) is 1.88. The number of aliphatic carboxylic acids is 1. The van der Waals surface area contributed by atoms with Crippen LogP contribution in [0.1, 0.15) is 5.69 Å². The van der Waals surface area contributed by atoms with E-state index in [0.29, 0.717) is 11.4 Å². The molecule has 0 aromatic carbocycles. The Morgan fingerprint density at radius 2 is 2.43 bits per heavy atom. The smallest absolute Gasteiger partial charge is 0.321 e. The molecule has 0 fully saturated rings. The van der Waals surface area contributed by atoms with Crippen LogP contribution in [0.5, 0.6) is 0 Å². The highest BCUT2D eigenvalue weighted by atomic mass is 32.1. The number of nitrogens with zero attached hydrogens (tertiary/aromatic N) is 2. The molecule has 2 N–H and O–H groups in total. The molecule has 1 atom stereocenters. The summed E-state index contributed by atoms with van der Waals surface area (Å²) in [6, 6.07) is -0.554. The van der Waals surface area contributed by atoms with E-state index in [-0.39, 0.29) is 0 Å². The summed E-state index contributed by atoms with van der Waals surface area (Å²) >= 11 is 4.11. The van der Waals surface area contributed by atoms with Crippen molar-refractivity contribution in [3.63, 3.8) is 0 Å². The molecule has 0 aliphatic carbocycles. The quantitative estimate of drug-likeness (QED) is 0.630. The Morgan fingerprint density at radius 1 is 1.79 bits per heavy atom. The minimum atomic E-state index is -0.850. The number of carboxylic acid groups (broad SMARTS) is 1.